The van der Waals surface area contributed by atoms with Crippen LogP contribution in [0.5, 0.6) is 0 Å². The molecule has 3 nitrogen and oxygen atoms in total. The number of hydrogen-bond donors (Lipinski definition) is 0. The van der Waals surface area contributed by atoms with Crippen molar-refractivity contribution in [3.05, 3.63) is 0 Å². The second-order valence-corrected chi connectivity index (χ2v) is 3.06. The molecule has 0 amide bonds. The van der Waals surface area contributed by atoms with Gasteiger partial charge in [0.1, 0.15) is 7.05 Å². The third-order valence-electron chi connectivity index (χ3n) is 1.66. The van der Waals surface area contributed by atoms with Gasteiger partial charge in [-0.05, 0) is 32.4 Å². The molecule has 0 aromatic heterocycles. The molecule has 0 fully saturated rings. The summed E-state index contributed by atoms with van der Waals surface area (Å²) in [6, 6.07) is 2.95. The highest BCUT2D eigenvalue weighted by Crippen LogP contribution is 1.84. The van der Waals surface area contributed by atoms with Crippen LogP contribution in [0.15, 0.2) is 4.99 Å². The van der Waals surface area contributed by atoms with Gasteiger partial charge in [-0.15, -0.1) is 0 Å². The van der Waals surface area contributed by atoms with E-state index in [1.165, 1.54) is 6.42 Å². The van der Waals surface area contributed by atoms with Crippen molar-refractivity contribution < 1.29 is 4.58 Å². The first kappa shape index (κ1) is 11.3. The van der Waals surface area contributed by atoms with Crippen molar-refractivity contribution in [2.24, 2.45) is 4.99 Å². The maximum absolute atomic E-state index is 3.87. The van der Waals surface area contributed by atoms with E-state index in [4.69, 9.17) is 0 Å². The highest BCUT2D eigenvalue weighted by molar-refractivity contribution is 5.33. The summed E-state index contributed by atoms with van der Waals surface area (Å²) < 4.78 is 2.10. The summed E-state index contributed by atoms with van der Waals surface area (Å²) in [4.78, 5) is 6.06. The van der Waals surface area contributed by atoms with Crippen LogP contribution in [0.4, 0.5) is 0 Å². The average molecular weight is 170 g/mol. The van der Waals surface area contributed by atoms with Gasteiger partial charge in [0.05, 0.1) is 13.1 Å². The molecule has 0 radical (unpaired) electrons. The van der Waals surface area contributed by atoms with Gasteiger partial charge in [0.15, 0.2) is 0 Å². The molecule has 12 heavy (non-hydrogen) atoms. The molecule has 3 heteroatoms. The quantitative estimate of drug-likeness (QED) is 0.440. The maximum atomic E-state index is 3.87. The van der Waals surface area contributed by atoms with Gasteiger partial charge in [-0.3, -0.25) is 0 Å². The van der Waals surface area contributed by atoms with E-state index >= 15 is 0 Å². The number of rotatable bonds is 5. The Labute approximate surface area is 75.4 Å². The Balaban J connectivity index is 3.67. The van der Waals surface area contributed by atoms with Gasteiger partial charge >= 0.3 is 6.01 Å². The summed E-state index contributed by atoms with van der Waals surface area (Å²) in [5.41, 5.74) is 0. The van der Waals surface area contributed by atoms with Crippen LogP contribution in [0.25, 0.3) is 0 Å². The van der Waals surface area contributed by atoms with Crippen LogP contribution in [-0.2, 0) is 0 Å². The normalized spacial score (nSPS) is 9.75. The monoisotopic (exact) mass is 170 g/mol. The molecule has 0 N–H and O–H groups in total. The van der Waals surface area contributed by atoms with Gasteiger partial charge < -0.3 is 4.90 Å². The molecule has 0 aliphatic rings. The molecule has 0 aromatic rings. The van der Waals surface area contributed by atoms with Crippen molar-refractivity contribution in [3.8, 4) is 0 Å². The molecule has 0 unspecified atom stereocenters. The lowest BCUT2D eigenvalue weighted by Gasteiger charge is -2.07. The third-order valence-corrected chi connectivity index (χ3v) is 1.66. The molecule has 0 aliphatic carbocycles. The minimum Gasteiger partial charge on any atom is -0.309 e. The van der Waals surface area contributed by atoms with Crippen LogP contribution in [0.3, 0.4) is 0 Å². The van der Waals surface area contributed by atoms with Crippen molar-refractivity contribution in [2.75, 3.05) is 40.8 Å². The van der Waals surface area contributed by atoms with E-state index in [-0.39, 0.29) is 0 Å². The van der Waals surface area contributed by atoms with E-state index in [0.29, 0.717) is 0 Å². The Hall–Kier alpha value is -0.660. The van der Waals surface area contributed by atoms with Crippen LogP contribution in [0.2, 0.25) is 0 Å². The van der Waals surface area contributed by atoms with E-state index in [1.807, 2.05) is 0 Å². The summed E-state index contributed by atoms with van der Waals surface area (Å²) >= 11 is 0. The molecule has 0 aromatic carbocycles. The van der Waals surface area contributed by atoms with E-state index in [2.05, 4.69) is 41.5 Å². The number of aliphatic imine (C=N–C) groups is 1. The molecule has 0 bridgehead atoms. The van der Waals surface area contributed by atoms with Crippen molar-refractivity contribution in [2.45, 2.75) is 13.3 Å². The second kappa shape index (κ2) is 7.01. The highest BCUT2D eigenvalue weighted by atomic mass is 15.1. The summed E-state index contributed by atoms with van der Waals surface area (Å²) in [5, 5.41) is 0. The molecule has 70 valence electrons. The van der Waals surface area contributed by atoms with Crippen LogP contribution in [0.1, 0.15) is 13.3 Å². The van der Waals surface area contributed by atoms with Crippen molar-refractivity contribution in [1.29, 1.82) is 0 Å². The molecule has 0 spiro atoms. The molecular weight excluding hydrogens is 150 g/mol. The predicted molar refractivity (Wildman–Crippen MR) is 52.2 cm³/mol. The SMILES string of the molecule is CC[N+](=C=NC)CCCN(C)C. The highest BCUT2D eigenvalue weighted by Gasteiger charge is 1.96. The maximum Gasteiger partial charge on any atom is 0.306 e. The first-order valence-corrected chi connectivity index (χ1v) is 4.44. The fourth-order valence-corrected chi connectivity index (χ4v) is 0.998. The van der Waals surface area contributed by atoms with Gasteiger partial charge in [-0.1, -0.05) is 0 Å². The fraction of sp³-hybridized carbons (Fsp3) is 0.889. The van der Waals surface area contributed by atoms with Crippen molar-refractivity contribution >= 4 is 6.01 Å². The van der Waals surface area contributed by atoms with Crippen LogP contribution in [0, 0.1) is 0 Å². The molecule has 0 saturated carbocycles. The van der Waals surface area contributed by atoms with Gasteiger partial charge in [0.25, 0.3) is 0 Å². The Bertz CT molecular complexity index is 167. The first-order chi connectivity index (χ1) is 5.70. The summed E-state index contributed by atoms with van der Waals surface area (Å²) in [5.74, 6) is 0. The van der Waals surface area contributed by atoms with Crippen molar-refractivity contribution in [1.82, 2.24) is 4.90 Å². The van der Waals surface area contributed by atoms with Crippen molar-refractivity contribution in [3.63, 3.8) is 0 Å². The number of hydrogen-bond acceptors (Lipinski definition) is 2. The minimum atomic E-state index is 0.991. The smallest absolute Gasteiger partial charge is 0.306 e. The zero-order valence-electron chi connectivity index (χ0n) is 8.67. The lowest BCUT2D eigenvalue weighted by Crippen LogP contribution is -2.19. The lowest BCUT2D eigenvalue weighted by molar-refractivity contribution is -0.518. The average Bonchev–Trinajstić information content (AvgIpc) is 2.02. The standard InChI is InChI=1S/C9H20N3/c1-5-12(9-10-2)8-6-7-11(3)4/h5-8H2,1-4H3/q+1. The first-order valence-electron chi connectivity index (χ1n) is 4.44. The van der Waals surface area contributed by atoms with E-state index < -0.39 is 0 Å². The van der Waals surface area contributed by atoms with E-state index in [9.17, 15) is 0 Å². The topological polar surface area (TPSA) is 18.6 Å². The fourth-order valence-electron chi connectivity index (χ4n) is 0.998. The summed E-state index contributed by atoms with van der Waals surface area (Å²) in [6.07, 6.45) is 1.17. The van der Waals surface area contributed by atoms with Gasteiger partial charge in [-0.25, -0.2) is 4.58 Å². The Morgan fingerprint density at radius 1 is 1.42 bits per heavy atom. The third kappa shape index (κ3) is 6.08. The zero-order valence-corrected chi connectivity index (χ0v) is 8.67. The van der Waals surface area contributed by atoms with Gasteiger partial charge in [0, 0.05) is 6.54 Å². The van der Waals surface area contributed by atoms with Gasteiger partial charge in [0.2, 0.25) is 0 Å². The summed E-state index contributed by atoms with van der Waals surface area (Å²) in [6.45, 7) is 5.28. The minimum absolute atomic E-state index is 0.991. The lowest BCUT2D eigenvalue weighted by atomic mass is 10.4. The largest absolute Gasteiger partial charge is 0.309 e. The van der Waals surface area contributed by atoms with Gasteiger partial charge in [-0.2, -0.15) is 0 Å². The summed E-state index contributed by atoms with van der Waals surface area (Å²) in [7, 11) is 5.94. The zero-order chi connectivity index (χ0) is 9.40. The molecule has 0 heterocycles. The molecule has 0 atom stereocenters. The molecular formula is C9H20N3+. The second-order valence-electron chi connectivity index (χ2n) is 3.06. The van der Waals surface area contributed by atoms with E-state index in [0.717, 1.165) is 19.6 Å². The van der Waals surface area contributed by atoms with Crippen LogP contribution in [-0.4, -0.2) is 56.3 Å². The Morgan fingerprint density at radius 3 is 2.50 bits per heavy atom. The van der Waals surface area contributed by atoms with E-state index in [1.54, 1.807) is 7.05 Å². The molecule has 0 saturated heterocycles. The predicted octanol–water partition coefficient (Wildman–Crippen LogP) is 0.774. The Kier molecular flexibility index (Phi) is 6.63. The van der Waals surface area contributed by atoms with Crippen LogP contribution < -0.4 is 0 Å². The Morgan fingerprint density at radius 2 is 2.08 bits per heavy atom. The van der Waals surface area contributed by atoms with Crippen LogP contribution >= 0.6 is 0 Å². The molecule has 0 rings (SSSR count). The molecule has 0 aliphatic heterocycles. The number of nitrogens with zero attached hydrogens (tertiary/aromatic N) is 3.